The van der Waals surface area contributed by atoms with Gasteiger partial charge in [-0.05, 0) is 36.8 Å². The molecule has 4 heteroatoms. The molecule has 0 bridgehead atoms. The van der Waals surface area contributed by atoms with E-state index in [1.165, 1.54) is 12.1 Å². The summed E-state index contributed by atoms with van der Waals surface area (Å²) in [5.74, 6) is -2.46. The van der Waals surface area contributed by atoms with Gasteiger partial charge in [-0.3, -0.25) is 4.79 Å². The lowest BCUT2D eigenvalue weighted by molar-refractivity contribution is 0.0980. The highest BCUT2D eigenvalue weighted by atomic mass is 19.2. The van der Waals surface area contributed by atoms with E-state index in [1.807, 2.05) is 43.1 Å². The lowest BCUT2D eigenvalue weighted by atomic mass is 10.1. The third-order valence-corrected chi connectivity index (χ3v) is 3.37. The minimum atomic E-state index is -1.07. The summed E-state index contributed by atoms with van der Waals surface area (Å²) in [4.78, 5) is 13.9. The van der Waals surface area contributed by atoms with Crippen LogP contribution in [0, 0.1) is 18.6 Å². The molecule has 0 radical (unpaired) electrons. The molecular formula is C17H17F2NO. The fourth-order valence-electron chi connectivity index (χ4n) is 2.12. The lowest BCUT2D eigenvalue weighted by Crippen LogP contribution is -2.21. The Bertz CT molecular complexity index is 655. The average molecular weight is 289 g/mol. The van der Waals surface area contributed by atoms with Gasteiger partial charge in [0.15, 0.2) is 17.4 Å². The molecule has 0 amide bonds. The third-order valence-electron chi connectivity index (χ3n) is 3.37. The van der Waals surface area contributed by atoms with Crippen LogP contribution in [-0.4, -0.2) is 19.4 Å². The van der Waals surface area contributed by atoms with Gasteiger partial charge in [-0.15, -0.1) is 0 Å². The van der Waals surface area contributed by atoms with E-state index in [1.54, 1.807) is 0 Å². The van der Waals surface area contributed by atoms with E-state index >= 15 is 0 Å². The number of aryl methyl sites for hydroxylation is 1. The van der Waals surface area contributed by atoms with Crippen molar-refractivity contribution in [3.8, 4) is 0 Å². The van der Waals surface area contributed by atoms with Crippen LogP contribution in [0.5, 0.6) is 0 Å². The Balaban J connectivity index is 2.02. The molecule has 21 heavy (non-hydrogen) atoms. The van der Waals surface area contributed by atoms with E-state index in [0.717, 1.165) is 17.3 Å². The van der Waals surface area contributed by atoms with Gasteiger partial charge in [-0.1, -0.05) is 18.2 Å². The van der Waals surface area contributed by atoms with Crippen molar-refractivity contribution in [2.45, 2.75) is 13.3 Å². The van der Waals surface area contributed by atoms with Crippen LogP contribution in [0.25, 0.3) is 0 Å². The molecule has 0 unspecified atom stereocenters. The van der Waals surface area contributed by atoms with E-state index in [9.17, 15) is 13.6 Å². The van der Waals surface area contributed by atoms with Gasteiger partial charge in [-0.25, -0.2) is 8.78 Å². The Hall–Kier alpha value is -2.23. The molecular weight excluding hydrogens is 272 g/mol. The number of hydrogen-bond acceptors (Lipinski definition) is 2. The number of nitrogens with zero attached hydrogens (tertiary/aromatic N) is 1. The van der Waals surface area contributed by atoms with Gasteiger partial charge >= 0.3 is 0 Å². The Morgan fingerprint density at radius 2 is 1.86 bits per heavy atom. The molecule has 0 aliphatic rings. The zero-order valence-electron chi connectivity index (χ0n) is 12.1. The zero-order valence-corrected chi connectivity index (χ0v) is 12.1. The number of hydrogen-bond donors (Lipinski definition) is 0. The van der Waals surface area contributed by atoms with Crippen LogP contribution in [0.1, 0.15) is 22.3 Å². The molecule has 2 aromatic rings. The molecule has 110 valence electrons. The largest absolute Gasteiger partial charge is 0.374 e. The second-order valence-corrected chi connectivity index (χ2v) is 5.04. The highest BCUT2D eigenvalue weighted by Gasteiger charge is 2.15. The molecule has 0 spiro atoms. The molecule has 0 saturated heterocycles. The number of ketones is 1. The van der Waals surface area contributed by atoms with Crippen molar-refractivity contribution in [2.24, 2.45) is 0 Å². The van der Waals surface area contributed by atoms with Crippen LogP contribution in [0.15, 0.2) is 42.5 Å². The second-order valence-electron chi connectivity index (χ2n) is 5.04. The molecule has 0 saturated carbocycles. The molecule has 0 aliphatic heterocycles. The number of carbonyl (C=O) groups is 1. The van der Waals surface area contributed by atoms with Crippen molar-refractivity contribution >= 4 is 11.5 Å². The molecule has 0 aromatic heterocycles. The zero-order chi connectivity index (χ0) is 15.4. The number of rotatable bonds is 5. The van der Waals surface area contributed by atoms with Gasteiger partial charge in [0, 0.05) is 25.7 Å². The van der Waals surface area contributed by atoms with E-state index in [0.29, 0.717) is 6.54 Å². The van der Waals surface area contributed by atoms with Crippen molar-refractivity contribution in [1.29, 1.82) is 0 Å². The van der Waals surface area contributed by atoms with Crippen LogP contribution in [0.2, 0.25) is 0 Å². The quantitative estimate of drug-likeness (QED) is 0.776. The van der Waals surface area contributed by atoms with Crippen LogP contribution >= 0.6 is 0 Å². The summed E-state index contributed by atoms with van der Waals surface area (Å²) < 4.78 is 26.7. The third kappa shape index (κ3) is 3.66. The predicted octanol–water partition coefficient (Wildman–Crippen LogP) is 3.98. The van der Waals surface area contributed by atoms with Gasteiger partial charge in [0.2, 0.25) is 0 Å². The lowest BCUT2D eigenvalue weighted by Gasteiger charge is -2.19. The second kappa shape index (κ2) is 6.48. The number of benzene rings is 2. The summed E-state index contributed by atoms with van der Waals surface area (Å²) >= 11 is 0. The van der Waals surface area contributed by atoms with Gasteiger partial charge < -0.3 is 4.90 Å². The molecule has 0 fully saturated rings. The molecule has 0 N–H and O–H groups in total. The van der Waals surface area contributed by atoms with Crippen molar-refractivity contribution in [3.63, 3.8) is 0 Å². The van der Waals surface area contributed by atoms with Crippen LogP contribution in [-0.2, 0) is 0 Å². The van der Waals surface area contributed by atoms with Crippen molar-refractivity contribution in [3.05, 3.63) is 65.2 Å². The van der Waals surface area contributed by atoms with E-state index < -0.39 is 17.4 Å². The first-order chi connectivity index (χ1) is 9.99. The van der Waals surface area contributed by atoms with E-state index in [2.05, 4.69) is 0 Å². The van der Waals surface area contributed by atoms with Crippen molar-refractivity contribution in [2.75, 3.05) is 18.5 Å². The molecule has 2 rings (SSSR count). The molecule has 0 aliphatic carbocycles. The average Bonchev–Trinajstić information content (AvgIpc) is 2.47. The minimum Gasteiger partial charge on any atom is -0.374 e. The fourth-order valence-corrected chi connectivity index (χ4v) is 2.12. The summed E-state index contributed by atoms with van der Waals surface area (Å²) in [6, 6.07) is 11.5. The molecule has 2 nitrogen and oxygen atoms in total. The first-order valence-electron chi connectivity index (χ1n) is 6.74. The van der Waals surface area contributed by atoms with E-state index in [4.69, 9.17) is 0 Å². The normalized spacial score (nSPS) is 10.5. The summed E-state index contributed by atoms with van der Waals surface area (Å²) in [5, 5.41) is 0. The Kier molecular flexibility index (Phi) is 4.68. The van der Waals surface area contributed by atoms with Gasteiger partial charge in [-0.2, -0.15) is 0 Å². The summed E-state index contributed by atoms with van der Waals surface area (Å²) in [5.41, 5.74) is 1.93. The van der Waals surface area contributed by atoms with Gasteiger partial charge in [0.25, 0.3) is 0 Å². The van der Waals surface area contributed by atoms with Gasteiger partial charge in [0.05, 0.1) is 5.56 Å². The Morgan fingerprint density at radius 3 is 2.57 bits per heavy atom. The maximum Gasteiger partial charge on any atom is 0.169 e. The maximum absolute atomic E-state index is 13.5. The highest BCUT2D eigenvalue weighted by Crippen LogP contribution is 2.17. The van der Waals surface area contributed by atoms with Crippen LogP contribution in [0.3, 0.4) is 0 Å². The fraction of sp³-hybridized carbons (Fsp3) is 0.235. The number of carbonyl (C=O) groups excluding carboxylic acids is 1. The van der Waals surface area contributed by atoms with Gasteiger partial charge in [0.1, 0.15) is 0 Å². The number of halogens is 2. The minimum absolute atomic E-state index is 0.130. The standard InChI is InChI=1S/C17H17F2NO/c1-12-5-3-6-13(11-12)20(2)10-9-16(21)14-7-4-8-15(18)17(14)19/h3-8,11H,9-10H2,1-2H3. The Morgan fingerprint density at radius 1 is 1.14 bits per heavy atom. The smallest absolute Gasteiger partial charge is 0.169 e. The number of anilines is 1. The van der Waals surface area contributed by atoms with Crippen molar-refractivity contribution < 1.29 is 13.6 Å². The monoisotopic (exact) mass is 289 g/mol. The summed E-state index contributed by atoms with van der Waals surface area (Å²) in [6.45, 7) is 2.43. The SMILES string of the molecule is Cc1cccc(N(C)CCC(=O)c2cccc(F)c2F)c1. The maximum atomic E-state index is 13.5. The topological polar surface area (TPSA) is 20.3 Å². The Labute approximate surface area is 123 Å². The molecule has 0 atom stereocenters. The summed E-state index contributed by atoms with van der Waals surface area (Å²) in [7, 11) is 1.87. The predicted molar refractivity (Wildman–Crippen MR) is 79.8 cm³/mol. The first kappa shape index (κ1) is 15.2. The molecule has 0 heterocycles. The molecule has 2 aromatic carbocycles. The highest BCUT2D eigenvalue weighted by molar-refractivity contribution is 5.96. The summed E-state index contributed by atoms with van der Waals surface area (Å²) in [6.07, 6.45) is 0.130. The van der Waals surface area contributed by atoms with Crippen molar-refractivity contribution in [1.82, 2.24) is 0 Å². The first-order valence-corrected chi connectivity index (χ1v) is 6.74. The van der Waals surface area contributed by atoms with E-state index in [-0.39, 0.29) is 12.0 Å². The number of Topliss-reactive ketones (excluding diaryl/α,β-unsaturated/α-hetero) is 1. The van der Waals surface area contributed by atoms with Crippen LogP contribution in [0.4, 0.5) is 14.5 Å². The van der Waals surface area contributed by atoms with Crippen LogP contribution < -0.4 is 4.90 Å².